The Morgan fingerprint density at radius 3 is 2.21 bits per heavy atom. The van der Waals surface area contributed by atoms with Gasteiger partial charge in [0, 0.05) is 26.1 Å². The van der Waals surface area contributed by atoms with Crippen LogP contribution in [0, 0.1) is 25.7 Å². The Bertz CT molecular complexity index is 623. The fraction of sp³-hybridized carbons (Fsp3) is 0.619. The monoisotopic (exact) mass is 328 g/mol. The van der Waals surface area contributed by atoms with E-state index in [0.717, 1.165) is 49.2 Å². The third-order valence-electron chi connectivity index (χ3n) is 5.79. The molecule has 0 atom stereocenters. The van der Waals surface area contributed by atoms with Crippen LogP contribution in [0.3, 0.4) is 0 Å². The third kappa shape index (κ3) is 3.32. The molecule has 1 aromatic rings. The summed E-state index contributed by atoms with van der Waals surface area (Å²) in [5.74, 6) is 0.420. The predicted octanol–water partition coefficient (Wildman–Crippen LogP) is 3.92. The Labute approximate surface area is 144 Å². The Hall–Kier alpha value is -1.48. The van der Waals surface area contributed by atoms with Gasteiger partial charge < -0.3 is 4.74 Å². The molecule has 0 N–H and O–H groups in total. The van der Waals surface area contributed by atoms with Gasteiger partial charge in [-0.25, -0.2) is 0 Å². The smallest absolute Gasteiger partial charge is 0.148 e. The van der Waals surface area contributed by atoms with Crippen LogP contribution in [0.4, 0.5) is 0 Å². The Morgan fingerprint density at radius 2 is 1.62 bits per heavy atom. The van der Waals surface area contributed by atoms with E-state index in [0.29, 0.717) is 18.8 Å². The molecule has 1 heterocycles. The molecule has 3 heteroatoms. The molecule has 1 aromatic carbocycles. The van der Waals surface area contributed by atoms with Gasteiger partial charge in [0.25, 0.3) is 0 Å². The van der Waals surface area contributed by atoms with Gasteiger partial charge in [0.05, 0.1) is 0 Å². The van der Waals surface area contributed by atoms with Gasteiger partial charge in [-0.05, 0) is 61.6 Å². The van der Waals surface area contributed by atoms with Gasteiger partial charge >= 0.3 is 0 Å². The molecule has 0 aromatic heterocycles. The van der Waals surface area contributed by atoms with Crippen molar-refractivity contribution in [1.29, 1.82) is 0 Å². The van der Waals surface area contributed by atoms with E-state index in [9.17, 15) is 9.59 Å². The predicted molar refractivity (Wildman–Crippen MR) is 94.3 cm³/mol. The van der Waals surface area contributed by atoms with Crippen molar-refractivity contribution < 1.29 is 14.3 Å². The SMILES string of the molecule is CCc1cc(C)cc(C)c1C1C(=O)CC(C2CCOCC2)CC1=O. The number of ketones is 2. The van der Waals surface area contributed by atoms with Gasteiger partial charge in [-0.3, -0.25) is 9.59 Å². The van der Waals surface area contributed by atoms with Crippen molar-refractivity contribution in [3.05, 3.63) is 34.4 Å². The minimum atomic E-state index is -0.531. The van der Waals surface area contributed by atoms with Gasteiger partial charge in [-0.15, -0.1) is 0 Å². The molecule has 0 radical (unpaired) electrons. The molecule has 1 aliphatic carbocycles. The highest BCUT2D eigenvalue weighted by atomic mass is 16.5. The zero-order valence-electron chi connectivity index (χ0n) is 15.1. The fourth-order valence-corrected chi connectivity index (χ4v) is 4.62. The van der Waals surface area contributed by atoms with E-state index in [-0.39, 0.29) is 17.5 Å². The standard InChI is InChI=1S/C21H28O3/c1-4-15-10-13(2)9-14(3)20(15)21-18(22)11-17(12-19(21)23)16-5-7-24-8-6-16/h9-10,16-17,21H,4-8,11-12H2,1-3H3. The van der Waals surface area contributed by atoms with Gasteiger partial charge in [0.15, 0.2) is 0 Å². The Morgan fingerprint density at radius 1 is 1.00 bits per heavy atom. The summed E-state index contributed by atoms with van der Waals surface area (Å²) in [6, 6.07) is 4.23. The van der Waals surface area contributed by atoms with E-state index in [1.807, 2.05) is 6.92 Å². The lowest BCUT2D eigenvalue weighted by atomic mass is 9.69. The first-order chi connectivity index (χ1) is 11.5. The molecule has 0 unspecified atom stereocenters. The number of Topliss-reactive ketones (excluding diaryl/α,β-unsaturated/α-hetero) is 2. The lowest BCUT2D eigenvalue weighted by Gasteiger charge is -2.35. The van der Waals surface area contributed by atoms with Crippen LogP contribution in [0.2, 0.25) is 0 Å². The molecule has 2 fully saturated rings. The largest absolute Gasteiger partial charge is 0.381 e. The van der Waals surface area contributed by atoms with E-state index < -0.39 is 5.92 Å². The van der Waals surface area contributed by atoms with Crippen molar-refractivity contribution in [2.75, 3.05) is 13.2 Å². The van der Waals surface area contributed by atoms with Gasteiger partial charge in [0.2, 0.25) is 0 Å². The van der Waals surface area contributed by atoms with Gasteiger partial charge in [0.1, 0.15) is 17.5 Å². The summed E-state index contributed by atoms with van der Waals surface area (Å²) in [6.07, 6.45) is 3.94. The summed E-state index contributed by atoms with van der Waals surface area (Å²) in [5, 5.41) is 0. The number of hydrogen-bond donors (Lipinski definition) is 0. The van der Waals surface area contributed by atoms with Crippen molar-refractivity contribution in [1.82, 2.24) is 0 Å². The Balaban J connectivity index is 1.86. The van der Waals surface area contributed by atoms with Crippen LogP contribution in [-0.4, -0.2) is 24.8 Å². The van der Waals surface area contributed by atoms with E-state index in [4.69, 9.17) is 4.74 Å². The lowest BCUT2D eigenvalue weighted by molar-refractivity contribution is -0.135. The van der Waals surface area contributed by atoms with Crippen molar-refractivity contribution >= 4 is 11.6 Å². The number of carbonyl (C=O) groups is 2. The first kappa shape index (κ1) is 17.3. The molecule has 1 aliphatic heterocycles. The fourth-order valence-electron chi connectivity index (χ4n) is 4.62. The first-order valence-corrected chi connectivity index (χ1v) is 9.24. The molecule has 3 nitrogen and oxygen atoms in total. The molecule has 130 valence electrons. The summed E-state index contributed by atoms with van der Waals surface area (Å²) in [7, 11) is 0. The summed E-state index contributed by atoms with van der Waals surface area (Å²) >= 11 is 0. The number of ether oxygens (including phenoxy) is 1. The minimum Gasteiger partial charge on any atom is -0.381 e. The van der Waals surface area contributed by atoms with E-state index in [1.165, 1.54) is 5.56 Å². The number of benzene rings is 1. The quantitative estimate of drug-likeness (QED) is 0.790. The van der Waals surface area contributed by atoms with Crippen LogP contribution in [-0.2, 0) is 20.7 Å². The molecule has 3 rings (SSSR count). The van der Waals surface area contributed by atoms with Crippen molar-refractivity contribution in [2.24, 2.45) is 11.8 Å². The lowest BCUT2D eigenvalue weighted by Crippen LogP contribution is -2.37. The molecule has 0 amide bonds. The maximum atomic E-state index is 12.9. The number of carbonyl (C=O) groups excluding carboxylic acids is 2. The second kappa shape index (κ2) is 7.18. The van der Waals surface area contributed by atoms with Crippen LogP contribution in [0.1, 0.15) is 60.8 Å². The molecule has 0 spiro atoms. The summed E-state index contributed by atoms with van der Waals surface area (Å²) in [6.45, 7) is 7.74. The minimum absolute atomic E-state index is 0.129. The molecule has 0 bridgehead atoms. The second-order valence-corrected chi connectivity index (χ2v) is 7.49. The normalized spacial score (nSPS) is 26.0. The van der Waals surface area contributed by atoms with Crippen molar-refractivity contribution in [3.8, 4) is 0 Å². The molecule has 1 saturated heterocycles. The zero-order valence-corrected chi connectivity index (χ0v) is 15.1. The maximum Gasteiger partial charge on any atom is 0.148 e. The van der Waals surface area contributed by atoms with Gasteiger partial charge in [-0.2, -0.15) is 0 Å². The highest BCUT2D eigenvalue weighted by Crippen LogP contribution is 2.39. The number of hydrogen-bond acceptors (Lipinski definition) is 3. The van der Waals surface area contributed by atoms with E-state index in [2.05, 4.69) is 26.0 Å². The van der Waals surface area contributed by atoms with E-state index in [1.54, 1.807) is 0 Å². The number of rotatable bonds is 3. The van der Waals surface area contributed by atoms with Crippen LogP contribution in [0.15, 0.2) is 12.1 Å². The average Bonchev–Trinajstić information content (AvgIpc) is 2.56. The highest BCUT2D eigenvalue weighted by molar-refractivity contribution is 6.10. The van der Waals surface area contributed by atoms with Crippen molar-refractivity contribution in [2.45, 2.75) is 58.8 Å². The summed E-state index contributed by atoms with van der Waals surface area (Å²) in [5.41, 5.74) is 4.43. The van der Waals surface area contributed by atoms with E-state index >= 15 is 0 Å². The highest BCUT2D eigenvalue weighted by Gasteiger charge is 2.40. The van der Waals surface area contributed by atoms with Crippen LogP contribution >= 0.6 is 0 Å². The molecular formula is C21H28O3. The van der Waals surface area contributed by atoms with Crippen LogP contribution < -0.4 is 0 Å². The number of aryl methyl sites for hydroxylation is 3. The summed E-state index contributed by atoms with van der Waals surface area (Å²) in [4.78, 5) is 25.8. The topological polar surface area (TPSA) is 43.4 Å². The van der Waals surface area contributed by atoms with Crippen LogP contribution in [0.5, 0.6) is 0 Å². The molecule has 24 heavy (non-hydrogen) atoms. The Kier molecular flexibility index (Phi) is 5.19. The van der Waals surface area contributed by atoms with Crippen molar-refractivity contribution in [3.63, 3.8) is 0 Å². The molecule has 2 aliphatic rings. The zero-order chi connectivity index (χ0) is 17.3. The molecular weight excluding hydrogens is 300 g/mol. The second-order valence-electron chi connectivity index (χ2n) is 7.49. The third-order valence-corrected chi connectivity index (χ3v) is 5.79. The molecule has 1 saturated carbocycles. The maximum absolute atomic E-state index is 12.9. The van der Waals surface area contributed by atoms with Gasteiger partial charge in [-0.1, -0.05) is 24.6 Å². The summed E-state index contributed by atoms with van der Waals surface area (Å²) < 4.78 is 5.42. The van der Waals surface area contributed by atoms with Crippen LogP contribution in [0.25, 0.3) is 0 Å². The first-order valence-electron chi connectivity index (χ1n) is 9.24. The average molecular weight is 328 g/mol.